The number of carboxylic acid groups (broad SMARTS) is 1. The maximum absolute atomic E-state index is 14.4. The predicted molar refractivity (Wildman–Crippen MR) is 155 cm³/mol. The van der Waals surface area contributed by atoms with Crippen LogP contribution in [0.2, 0.25) is 5.02 Å². The van der Waals surface area contributed by atoms with E-state index in [4.69, 9.17) is 11.6 Å². The van der Waals surface area contributed by atoms with Crippen molar-refractivity contribution in [2.75, 3.05) is 24.3 Å². The van der Waals surface area contributed by atoms with Crippen LogP contribution in [0.25, 0.3) is 11.1 Å². The van der Waals surface area contributed by atoms with Gasteiger partial charge in [-0.2, -0.15) is 0 Å². The Hall–Kier alpha value is -4.25. The number of hydrogen-bond acceptors (Lipinski definition) is 5. The van der Waals surface area contributed by atoms with Crippen molar-refractivity contribution in [3.05, 3.63) is 76.6 Å². The van der Waals surface area contributed by atoms with Crippen molar-refractivity contribution in [1.82, 2.24) is 9.88 Å². The number of nitrogens with one attached hydrogen (secondary N) is 2. The van der Waals surface area contributed by atoms with Crippen LogP contribution in [0.5, 0.6) is 0 Å². The number of anilines is 2. The number of rotatable bonds is 6. The fourth-order valence-corrected chi connectivity index (χ4v) is 5.20. The largest absolute Gasteiger partial charge is 0.465 e. The maximum Gasteiger partial charge on any atom is 0.411 e. The van der Waals surface area contributed by atoms with Gasteiger partial charge in [-0.05, 0) is 67.6 Å². The molecule has 2 aromatic carbocycles. The highest BCUT2D eigenvalue weighted by molar-refractivity contribution is 6.30. The SMILES string of the molecule is COC(=O)Nc1ccc2c(c1)NC(=O)C(C)CCC[C@H](N(CCCc1c(F)ccc(Cl)c1F)C(=O)O)c1cc-2ccn1. The van der Waals surface area contributed by atoms with E-state index in [9.17, 15) is 28.3 Å². The first kappa shape index (κ1) is 30.7. The van der Waals surface area contributed by atoms with Gasteiger partial charge < -0.3 is 15.2 Å². The van der Waals surface area contributed by atoms with Crippen LogP contribution in [0, 0.1) is 17.6 Å². The number of halogens is 3. The van der Waals surface area contributed by atoms with E-state index in [0.29, 0.717) is 47.5 Å². The summed E-state index contributed by atoms with van der Waals surface area (Å²) in [5, 5.41) is 15.5. The average Bonchev–Trinajstić information content (AvgIpc) is 2.97. The molecule has 1 aliphatic rings. The lowest BCUT2D eigenvalue weighted by molar-refractivity contribution is -0.119. The van der Waals surface area contributed by atoms with E-state index in [2.05, 4.69) is 20.4 Å². The third kappa shape index (κ3) is 7.14. The molecule has 1 unspecified atom stereocenters. The summed E-state index contributed by atoms with van der Waals surface area (Å²) in [7, 11) is 1.25. The van der Waals surface area contributed by atoms with Crippen LogP contribution in [-0.2, 0) is 16.0 Å². The molecule has 3 amide bonds. The molecule has 4 rings (SSSR count). The minimum absolute atomic E-state index is 0.00746. The Morgan fingerprint density at radius 1 is 1.19 bits per heavy atom. The molecule has 222 valence electrons. The van der Waals surface area contributed by atoms with Gasteiger partial charge in [-0.15, -0.1) is 0 Å². The number of aromatic nitrogens is 1. The summed E-state index contributed by atoms with van der Waals surface area (Å²) in [6.07, 6.45) is 1.18. The molecule has 0 spiro atoms. The van der Waals surface area contributed by atoms with Crippen molar-refractivity contribution < 1.29 is 33.0 Å². The monoisotopic (exact) mass is 600 g/mol. The second-order valence-electron chi connectivity index (χ2n) is 10.1. The molecule has 2 heterocycles. The minimum atomic E-state index is -1.20. The Bertz CT molecular complexity index is 1490. The second kappa shape index (κ2) is 13.6. The van der Waals surface area contributed by atoms with Crippen LogP contribution in [0.3, 0.4) is 0 Å². The maximum atomic E-state index is 14.4. The molecule has 0 aliphatic carbocycles. The summed E-state index contributed by atoms with van der Waals surface area (Å²) in [5.41, 5.74) is 2.49. The number of benzene rings is 2. The summed E-state index contributed by atoms with van der Waals surface area (Å²) in [6.45, 7) is 1.78. The van der Waals surface area contributed by atoms with Crippen LogP contribution in [-0.4, -0.2) is 46.7 Å². The van der Waals surface area contributed by atoms with Gasteiger partial charge in [-0.1, -0.05) is 31.0 Å². The highest BCUT2D eigenvalue weighted by atomic mass is 35.5. The van der Waals surface area contributed by atoms with E-state index in [1.54, 1.807) is 43.5 Å². The van der Waals surface area contributed by atoms with Crippen LogP contribution in [0.4, 0.5) is 29.7 Å². The number of carbonyl (C=O) groups excluding carboxylic acids is 2. The standard InChI is InChI=1S/C30H31ClF2N4O5/c1-17-5-3-7-26(37(30(40)41)14-4-6-21-23(32)11-10-22(31)27(21)33)25-15-18(12-13-34-25)20-9-8-19(35-29(39)42-2)16-24(20)36-28(17)38/h8-13,15-17,26H,3-7,14H2,1-2H3,(H,35,39)(H,36,38)(H,40,41)/t17?,26-/m0/s1. The molecule has 2 bridgehead atoms. The first-order valence-corrected chi connectivity index (χ1v) is 13.8. The molecule has 42 heavy (non-hydrogen) atoms. The van der Waals surface area contributed by atoms with Gasteiger partial charge in [-0.25, -0.2) is 18.4 Å². The van der Waals surface area contributed by atoms with Gasteiger partial charge in [0.25, 0.3) is 0 Å². The number of methoxy groups -OCH3 is 1. The van der Waals surface area contributed by atoms with Crippen molar-refractivity contribution in [2.24, 2.45) is 5.92 Å². The molecule has 0 saturated carbocycles. The van der Waals surface area contributed by atoms with E-state index in [0.717, 1.165) is 12.1 Å². The molecule has 3 N–H and O–H groups in total. The van der Waals surface area contributed by atoms with E-state index in [1.807, 2.05) is 0 Å². The highest BCUT2D eigenvalue weighted by Crippen LogP contribution is 2.35. The molecule has 0 fully saturated rings. The lowest BCUT2D eigenvalue weighted by atomic mass is 9.94. The number of hydrogen-bond donors (Lipinski definition) is 3. The van der Waals surface area contributed by atoms with Gasteiger partial charge in [0.2, 0.25) is 5.91 Å². The Morgan fingerprint density at radius 2 is 1.98 bits per heavy atom. The Morgan fingerprint density at radius 3 is 2.71 bits per heavy atom. The lowest BCUT2D eigenvalue weighted by Gasteiger charge is -2.30. The summed E-state index contributed by atoms with van der Waals surface area (Å²) in [6, 6.07) is 10.1. The first-order chi connectivity index (χ1) is 20.1. The molecule has 1 aliphatic heterocycles. The van der Waals surface area contributed by atoms with Gasteiger partial charge in [0.15, 0.2) is 0 Å². The molecular weight excluding hydrogens is 570 g/mol. The van der Waals surface area contributed by atoms with Crippen LogP contribution in [0.15, 0.2) is 48.7 Å². The number of pyridine rings is 1. The van der Waals surface area contributed by atoms with Gasteiger partial charge in [-0.3, -0.25) is 20.0 Å². The summed E-state index contributed by atoms with van der Waals surface area (Å²) >= 11 is 5.81. The molecule has 2 atom stereocenters. The number of fused-ring (bicyclic) bond motifs is 4. The zero-order valence-electron chi connectivity index (χ0n) is 23.1. The van der Waals surface area contributed by atoms with Crippen molar-refractivity contribution >= 4 is 41.1 Å². The smallest absolute Gasteiger partial charge is 0.411 e. The van der Waals surface area contributed by atoms with E-state index in [1.165, 1.54) is 12.0 Å². The molecular formula is C30H31ClF2N4O5. The van der Waals surface area contributed by atoms with Gasteiger partial charge in [0.05, 0.1) is 29.6 Å². The number of nitrogens with zero attached hydrogens (tertiary/aromatic N) is 2. The fourth-order valence-electron chi connectivity index (χ4n) is 5.02. The van der Waals surface area contributed by atoms with Crippen molar-refractivity contribution in [3.8, 4) is 11.1 Å². The minimum Gasteiger partial charge on any atom is -0.465 e. The number of carbonyl (C=O) groups is 3. The Balaban J connectivity index is 1.68. The van der Waals surface area contributed by atoms with Crippen molar-refractivity contribution in [3.63, 3.8) is 0 Å². The van der Waals surface area contributed by atoms with Crippen LogP contribution < -0.4 is 10.6 Å². The summed E-state index contributed by atoms with van der Waals surface area (Å²) in [5.74, 6) is -2.21. The van der Waals surface area contributed by atoms with Gasteiger partial charge in [0, 0.05) is 35.5 Å². The number of amides is 3. The molecule has 0 radical (unpaired) electrons. The van der Waals surface area contributed by atoms with Gasteiger partial charge >= 0.3 is 12.2 Å². The predicted octanol–water partition coefficient (Wildman–Crippen LogP) is 7.27. The summed E-state index contributed by atoms with van der Waals surface area (Å²) < 4.78 is 33.3. The first-order valence-electron chi connectivity index (χ1n) is 13.5. The topological polar surface area (TPSA) is 121 Å². The fraction of sp³-hybridized carbons (Fsp3) is 0.333. The highest BCUT2D eigenvalue weighted by Gasteiger charge is 2.28. The Labute approximate surface area is 246 Å². The van der Waals surface area contributed by atoms with Crippen LogP contribution >= 0.6 is 11.6 Å². The second-order valence-corrected chi connectivity index (χ2v) is 10.5. The van der Waals surface area contributed by atoms with Gasteiger partial charge in [0.1, 0.15) is 11.6 Å². The van der Waals surface area contributed by atoms with E-state index < -0.39 is 35.8 Å². The normalized spacial score (nSPS) is 16.7. The molecule has 12 heteroatoms. The zero-order valence-corrected chi connectivity index (χ0v) is 23.9. The molecule has 3 aromatic rings. The zero-order chi connectivity index (χ0) is 30.4. The number of ether oxygens (including phenoxy) is 1. The Kier molecular flexibility index (Phi) is 9.95. The average molecular weight is 601 g/mol. The van der Waals surface area contributed by atoms with E-state index in [-0.39, 0.29) is 35.9 Å². The van der Waals surface area contributed by atoms with Crippen molar-refractivity contribution in [1.29, 1.82) is 0 Å². The van der Waals surface area contributed by atoms with Crippen molar-refractivity contribution in [2.45, 2.75) is 45.1 Å². The molecule has 9 nitrogen and oxygen atoms in total. The summed E-state index contributed by atoms with van der Waals surface area (Å²) in [4.78, 5) is 43.0. The quantitative estimate of drug-likeness (QED) is 0.256. The third-order valence-electron chi connectivity index (χ3n) is 7.29. The lowest BCUT2D eigenvalue weighted by Crippen LogP contribution is -2.35. The molecule has 0 saturated heterocycles. The third-order valence-corrected chi connectivity index (χ3v) is 7.58. The van der Waals surface area contributed by atoms with Crippen LogP contribution in [0.1, 0.15) is 49.9 Å². The van der Waals surface area contributed by atoms with E-state index >= 15 is 0 Å². The molecule has 1 aromatic heterocycles.